The summed E-state index contributed by atoms with van der Waals surface area (Å²) in [6, 6.07) is 3.81. The number of anilines is 1. The standard InChI is InChI=1S/C15H23N3O2/c1-10-12(6-7-13(16-10)20-5)17-14(19)18(4)11-8-15(2,3)9-11/h6-7,11H,8-9H2,1-5H3,(H,17,19). The molecule has 110 valence electrons. The molecule has 0 spiro atoms. The average molecular weight is 277 g/mol. The van der Waals surface area contributed by atoms with Crippen LogP contribution in [0.2, 0.25) is 0 Å². The average Bonchev–Trinajstić information content (AvgIpc) is 2.37. The van der Waals surface area contributed by atoms with Crippen molar-refractivity contribution >= 4 is 11.7 Å². The van der Waals surface area contributed by atoms with Gasteiger partial charge in [-0.1, -0.05) is 13.8 Å². The van der Waals surface area contributed by atoms with Gasteiger partial charge in [0.25, 0.3) is 0 Å². The van der Waals surface area contributed by atoms with Gasteiger partial charge in [0.1, 0.15) is 0 Å². The molecule has 2 amide bonds. The Morgan fingerprint density at radius 1 is 1.45 bits per heavy atom. The molecule has 0 saturated heterocycles. The van der Waals surface area contributed by atoms with Crippen LogP contribution in [0, 0.1) is 12.3 Å². The third-order valence-corrected chi connectivity index (χ3v) is 3.96. The fraction of sp³-hybridized carbons (Fsp3) is 0.600. The molecule has 1 aromatic rings. The summed E-state index contributed by atoms with van der Waals surface area (Å²) in [4.78, 5) is 18.3. The zero-order chi connectivity index (χ0) is 14.9. The summed E-state index contributed by atoms with van der Waals surface area (Å²) in [5.41, 5.74) is 1.83. The van der Waals surface area contributed by atoms with Crippen molar-refractivity contribution in [2.45, 2.75) is 39.7 Å². The Kier molecular flexibility index (Phi) is 3.88. The Hall–Kier alpha value is -1.78. The van der Waals surface area contributed by atoms with Gasteiger partial charge in [-0.25, -0.2) is 9.78 Å². The molecular formula is C15H23N3O2. The number of carbonyl (C=O) groups is 1. The van der Waals surface area contributed by atoms with Gasteiger partial charge in [0.05, 0.1) is 18.5 Å². The maximum atomic E-state index is 12.2. The quantitative estimate of drug-likeness (QED) is 0.924. The highest BCUT2D eigenvalue weighted by Gasteiger charge is 2.39. The minimum absolute atomic E-state index is 0.0828. The van der Waals surface area contributed by atoms with Crippen molar-refractivity contribution in [3.63, 3.8) is 0 Å². The maximum absolute atomic E-state index is 12.2. The molecular weight excluding hydrogens is 254 g/mol. The van der Waals surface area contributed by atoms with E-state index in [1.165, 1.54) is 0 Å². The van der Waals surface area contributed by atoms with Gasteiger partial charge in [0.2, 0.25) is 5.88 Å². The molecule has 2 rings (SSSR count). The number of aromatic nitrogens is 1. The van der Waals surface area contributed by atoms with E-state index in [0.717, 1.165) is 24.2 Å². The van der Waals surface area contributed by atoms with Gasteiger partial charge in [-0.05, 0) is 31.2 Å². The number of nitrogens with zero attached hydrogens (tertiary/aromatic N) is 2. The lowest BCUT2D eigenvalue weighted by Gasteiger charge is -2.46. The number of ether oxygens (including phenoxy) is 1. The summed E-state index contributed by atoms with van der Waals surface area (Å²) >= 11 is 0. The van der Waals surface area contributed by atoms with Crippen molar-refractivity contribution in [3.8, 4) is 5.88 Å². The second-order valence-electron chi connectivity index (χ2n) is 6.25. The molecule has 1 aliphatic rings. The molecule has 1 aliphatic carbocycles. The van der Waals surface area contributed by atoms with E-state index in [2.05, 4.69) is 24.1 Å². The SMILES string of the molecule is COc1ccc(NC(=O)N(C)C2CC(C)(C)C2)c(C)n1. The summed E-state index contributed by atoms with van der Waals surface area (Å²) < 4.78 is 5.06. The van der Waals surface area contributed by atoms with Crippen molar-refractivity contribution in [1.82, 2.24) is 9.88 Å². The Labute approximate surface area is 120 Å². The minimum atomic E-state index is -0.0828. The van der Waals surface area contributed by atoms with E-state index in [4.69, 9.17) is 4.74 Å². The van der Waals surface area contributed by atoms with Crippen LogP contribution in [0.3, 0.4) is 0 Å². The number of nitrogens with one attached hydrogen (secondary N) is 1. The van der Waals surface area contributed by atoms with E-state index >= 15 is 0 Å². The van der Waals surface area contributed by atoms with Gasteiger partial charge in [0, 0.05) is 19.2 Å². The Morgan fingerprint density at radius 3 is 2.60 bits per heavy atom. The van der Waals surface area contributed by atoms with Crippen LogP contribution < -0.4 is 10.1 Å². The molecule has 0 radical (unpaired) electrons. The third kappa shape index (κ3) is 3.03. The summed E-state index contributed by atoms with van der Waals surface area (Å²) in [7, 11) is 3.42. The molecule has 5 heteroatoms. The van der Waals surface area contributed by atoms with Gasteiger partial charge < -0.3 is 15.0 Å². The van der Waals surface area contributed by atoms with Gasteiger partial charge in [0.15, 0.2) is 0 Å². The highest BCUT2D eigenvalue weighted by atomic mass is 16.5. The zero-order valence-corrected chi connectivity index (χ0v) is 12.9. The van der Waals surface area contributed by atoms with E-state index < -0.39 is 0 Å². The fourth-order valence-corrected chi connectivity index (χ4v) is 2.64. The van der Waals surface area contributed by atoms with Crippen molar-refractivity contribution in [2.75, 3.05) is 19.5 Å². The first-order valence-electron chi connectivity index (χ1n) is 6.88. The fourth-order valence-electron chi connectivity index (χ4n) is 2.64. The second kappa shape index (κ2) is 5.31. The van der Waals surface area contributed by atoms with Gasteiger partial charge in [-0.2, -0.15) is 0 Å². The molecule has 1 fully saturated rings. The Morgan fingerprint density at radius 2 is 2.10 bits per heavy atom. The number of amides is 2. The number of pyridine rings is 1. The second-order valence-corrected chi connectivity index (χ2v) is 6.25. The molecule has 1 saturated carbocycles. The first kappa shape index (κ1) is 14.6. The van der Waals surface area contributed by atoms with Crippen molar-refractivity contribution in [1.29, 1.82) is 0 Å². The third-order valence-electron chi connectivity index (χ3n) is 3.96. The molecule has 1 N–H and O–H groups in total. The number of aryl methyl sites for hydroxylation is 1. The lowest BCUT2D eigenvalue weighted by Crippen LogP contribution is -2.50. The summed E-state index contributed by atoms with van der Waals surface area (Å²) in [5, 5.41) is 2.91. The van der Waals surface area contributed by atoms with E-state index in [1.807, 2.05) is 20.0 Å². The van der Waals surface area contributed by atoms with E-state index in [9.17, 15) is 4.79 Å². The topological polar surface area (TPSA) is 54.5 Å². The predicted molar refractivity (Wildman–Crippen MR) is 79.1 cm³/mol. The van der Waals surface area contributed by atoms with E-state index in [0.29, 0.717) is 17.3 Å². The highest BCUT2D eigenvalue weighted by Crippen LogP contribution is 2.42. The van der Waals surface area contributed by atoms with Crippen LogP contribution in [-0.2, 0) is 0 Å². The Balaban J connectivity index is 1.98. The first-order valence-corrected chi connectivity index (χ1v) is 6.88. The van der Waals surface area contributed by atoms with E-state index in [-0.39, 0.29) is 6.03 Å². The number of rotatable bonds is 3. The van der Waals surface area contributed by atoms with Crippen molar-refractivity contribution in [2.24, 2.45) is 5.41 Å². The molecule has 5 nitrogen and oxygen atoms in total. The van der Waals surface area contributed by atoms with Crippen LogP contribution in [0.5, 0.6) is 5.88 Å². The van der Waals surface area contributed by atoms with Crippen LogP contribution in [0.15, 0.2) is 12.1 Å². The van der Waals surface area contributed by atoms with Gasteiger partial charge >= 0.3 is 6.03 Å². The molecule has 0 bridgehead atoms. The smallest absolute Gasteiger partial charge is 0.321 e. The monoisotopic (exact) mass is 277 g/mol. The maximum Gasteiger partial charge on any atom is 0.321 e. The van der Waals surface area contributed by atoms with Crippen LogP contribution in [-0.4, -0.2) is 36.1 Å². The minimum Gasteiger partial charge on any atom is -0.481 e. The van der Waals surface area contributed by atoms with Crippen LogP contribution in [0.25, 0.3) is 0 Å². The largest absolute Gasteiger partial charge is 0.481 e. The summed E-state index contributed by atoms with van der Waals surface area (Å²) in [5.74, 6) is 0.551. The van der Waals surface area contributed by atoms with Crippen LogP contribution >= 0.6 is 0 Å². The van der Waals surface area contributed by atoms with Crippen LogP contribution in [0.4, 0.5) is 10.5 Å². The number of hydrogen-bond acceptors (Lipinski definition) is 3. The van der Waals surface area contributed by atoms with Gasteiger partial charge in [-0.15, -0.1) is 0 Å². The Bertz CT molecular complexity index is 506. The van der Waals surface area contributed by atoms with Gasteiger partial charge in [-0.3, -0.25) is 0 Å². The summed E-state index contributed by atoms with van der Waals surface area (Å²) in [6.45, 7) is 6.31. The molecule has 20 heavy (non-hydrogen) atoms. The summed E-state index contributed by atoms with van der Waals surface area (Å²) in [6.07, 6.45) is 2.10. The zero-order valence-electron chi connectivity index (χ0n) is 12.9. The number of hydrogen-bond donors (Lipinski definition) is 1. The predicted octanol–water partition coefficient (Wildman–Crippen LogP) is 3.05. The van der Waals surface area contributed by atoms with Crippen molar-refractivity contribution < 1.29 is 9.53 Å². The van der Waals surface area contributed by atoms with E-state index in [1.54, 1.807) is 18.1 Å². The number of urea groups is 1. The molecule has 0 atom stereocenters. The number of methoxy groups -OCH3 is 1. The molecule has 1 heterocycles. The first-order chi connectivity index (χ1) is 9.32. The highest BCUT2D eigenvalue weighted by molar-refractivity contribution is 5.90. The molecule has 0 aromatic carbocycles. The molecule has 0 unspecified atom stereocenters. The van der Waals surface area contributed by atoms with Crippen LogP contribution in [0.1, 0.15) is 32.4 Å². The lowest BCUT2D eigenvalue weighted by molar-refractivity contribution is 0.0644. The normalized spacial score (nSPS) is 17.2. The molecule has 0 aliphatic heterocycles. The number of carbonyl (C=O) groups excluding carboxylic acids is 1. The van der Waals surface area contributed by atoms with Crippen molar-refractivity contribution in [3.05, 3.63) is 17.8 Å². The molecule has 1 aromatic heterocycles. The lowest BCUT2D eigenvalue weighted by atomic mass is 9.68.